The van der Waals surface area contributed by atoms with E-state index in [-0.39, 0.29) is 40.3 Å². The lowest BCUT2D eigenvalue weighted by Gasteiger charge is -2.44. The predicted octanol–water partition coefficient (Wildman–Crippen LogP) is 5.08. The van der Waals surface area contributed by atoms with Crippen molar-refractivity contribution in [1.82, 2.24) is 19.5 Å². The van der Waals surface area contributed by atoms with Gasteiger partial charge >= 0.3 is 12.1 Å². The molecule has 11 heteroatoms. The molecule has 5 heterocycles. The maximum Gasteiger partial charge on any atom is 0.433 e. The number of hydrogen-bond donors (Lipinski definition) is 0. The van der Waals surface area contributed by atoms with E-state index in [1.165, 1.54) is 24.8 Å². The second-order valence-corrected chi connectivity index (χ2v) is 8.88. The Morgan fingerprint density at radius 3 is 2.82 bits per heavy atom. The normalized spacial score (nSPS) is 21.8. The molecule has 33 heavy (non-hydrogen) atoms. The number of esters is 1. The fraction of sp³-hybridized carbons (Fsp3) is 0.500. The Bertz CT molecular complexity index is 1160. The van der Waals surface area contributed by atoms with Crippen LogP contribution in [0.15, 0.2) is 28.9 Å². The molecule has 7 nitrogen and oxygen atoms in total. The van der Waals surface area contributed by atoms with Crippen molar-refractivity contribution in [3.63, 3.8) is 0 Å². The molecule has 2 aliphatic rings. The number of ether oxygens (including phenoxy) is 1. The SMILES string of the molecule is O=C(OC[C@@H]1CCCN2CCCC[C@H]12)c1nn2c(C(F)(F)F)cc(-c3ccco3)nc2c1Cl. The van der Waals surface area contributed by atoms with E-state index in [0.29, 0.717) is 10.6 Å². The highest BCUT2D eigenvalue weighted by Crippen LogP contribution is 2.35. The molecule has 0 N–H and O–H groups in total. The van der Waals surface area contributed by atoms with Crippen LogP contribution in [0.25, 0.3) is 17.1 Å². The van der Waals surface area contributed by atoms with Gasteiger partial charge in [-0.15, -0.1) is 0 Å². The Hall–Kier alpha value is -2.59. The Morgan fingerprint density at radius 2 is 2.06 bits per heavy atom. The maximum absolute atomic E-state index is 13.7. The molecule has 3 aromatic heterocycles. The molecule has 0 aromatic carbocycles. The van der Waals surface area contributed by atoms with Gasteiger partial charge in [-0.1, -0.05) is 18.0 Å². The van der Waals surface area contributed by atoms with E-state index in [4.69, 9.17) is 20.8 Å². The van der Waals surface area contributed by atoms with Crippen molar-refractivity contribution in [2.24, 2.45) is 5.92 Å². The van der Waals surface area contributed by atoms with Gasteiger partial charge in [-0.2, -0.15) is 18.3 Å². The molecule has 2 atom stereocenters. The van der Waals surface area contributed by atoms with Crippen LogP contribution >= 0.6 is 11.6 Å². The van der Waals surface area contributed by atoms with Crippen LogP contribution in [-0.2, 0) is 10.9 Å². The Labute approximate surface area is 192 Å². The third-order valence-corrected chi connectivity index (χ3v) is 6.80. The number of carbonyl (C=O) groups excluding carboxylic acids is 1. The summed E-state index contributed by atoms with van der Waals surface area (Å²) in [5.74, 6) is -0.530. The smallest absolute Gasteiger partial charge is 0.433 e. The zero-order valence-electron chi connectivity index (χ0n) is 17.6. The van der Waals surface area contributed by atoms with E-state index in [1.807, 2.05) is 0 Å². The van der Waals surface area contributed by atoms with Crippen molar-refractivity contribution >= 4 is 23.2 Å². The summed E-state index contributed by atoms with van der Waals surface area (Å²) >= 11 is 6.29. The zero-order chi connectivity index (χ0) is 23.2. The number of rotatable bonds is 4. The summed E-state index contributed by atoms with van der Waals surface area (Å²) in [5.41, 5.74) is -1.87. The molecule has 2 saturated heterocycles. The van der Waals surface area contributed by atoms with Gasteiger partial charge in [-0.05, 0) is 57.0 Å². The lowest BCUT2D eigenvalue weighted by Crippen LogP contribution is -2.49. The van der Waals surface area contributed by atoms with Crippen LogP contribution in [0.4, 0.5) is 13.2 Å². The van der Waals surface area contributed by atoms with Gasteiger partial charge in [0.2, 0.25) is 0 Å². The standard InChI is InChI=1S/C22H22ClF3N4O3/c23-18-19(21(31)33-12-13-5-3-9-29-8-2-1-6-15(13)29)28-30-17(22(24,25)26)11-14(27-20(18)30)16-7-4-10-32-16/h4,7,10-11,13,15H,1-3,5-6,8-9,12H2/t13-,15+/m0/s1. The molecule has 0 bridgehead atoms. The van der Waals surface area contributed by atoms with Crippen LogP contribution in [-0.4, -0.2) is 51.2 Å². The van der Waals surface area contributed by atoms with Gasteiger partial charge < -0.3 is 9.15 Å². The highest BCUT2D eigenvalue weighted by molar-refractivity contribution is 6.36. The molecule has 0 saturated carbocycles. The van der Waals surface area contributed by atoms with Gasteiger partial charge in [0.05, 0.1) is 12.9 Å². The Kier molecular flexibility index (Phi) is 5.82. The van der Waals surface area contributed by atoms with Crippen molar-refractivity contribution in [2.45, 2.75) is 44.3 Å². The molecule has 0 amide bonds. The largest absolute Gasteiger partial charge is 0.463 e. The van der Waals surface area contributed by atoms with Gasteiger partial charge in [-0.3, -0.25) is 4.90 Å². The second-order valence-electron chi connectivity index (χ2n) is 8.50. The molecule has 0 aliphatic carbocycles. The maximum atomic E-state index is 13.7. The van der Waals surface area contributed by atoms with E-state index in [9.17, 15) is 18.0 Å². The number of hydrogen-bond acceptors (Lipinski definition) is 6. The molecule has 2 aliphatic heterocycles. The fourth-order valence-corrected chi connectivity index (χ4v) is 5.13. The molecule has 0 radical (unpaired) electrons. The third kappa shape index (κ3) is 4.21. The number of halogens is 4. The van der Waals surface area contributed by atoms with Gasteiger partial charge in [0.15, 0.2) is 22.8 Å². The van der Waals surface area contributed by atoms with Crippen LogP contribution in [0.3, 0.4) is 0 Å². The molecule has 3 aromatic rings. The average molecular weight is 483 g/mol. The summed E-state index contributed by atoms with van der Waals surface area (Å²) in [6.45, 7) is 2.29. The Morgan fingerprint density at radius 1 is 1.24 bits per heavy atom. The van der Waals surface area contributed by atoms with Gasteiger partial charge in [0.1, 0.15) is 10.7 Å². The van der Waals surface area contributed by atoms with Crippen molar-refractivity contribution in [3.8, 4) is 11.5 Å². The topological polar surface area (TPSA) is 72.9 Å². The first-order valence-electron chi connectivity index (χ1n) is 10.9. The summed E-state index contributed by atoms with van der Waals surface area (Å²) < 4.78 is 52.5. The number of fused-ring (bicyclic) bond motifs is 2. The first-order chi connectivity index (χ1) is 15.8. The first-order valence-corrected chi connectivity index (χ1v) is 11.3. The van der Waals surface area contributed by atoms with E-state index < -0.39 is 17.8 Å². The highest BCUT2D eigenvalue weighted by atomic mass is 35.5. The van der Waals surface area contributed by atoms with E-state index in [1.54, 1.807) is 0 Å². The van der Waals surface area contributed by atoms with Gasteiger partial charge in [0.25, 0.3) is 0 Å². The minimum atomic E-state index is -4.76. The summed E-state index contributed by atoms with van der Waals surface area (Å²) in [5, 5.41) is 3.54. The van der Waals surface area contributed by atoms with Crippen molar-refractivity contribution in [3.05, 3.63) is 40.9 Å². The predicted molar refractivity (Wildman–Crippen MR) is 113 cm³/mol. The summed E-state index contributed by atoms with van der Waals surface area (Å²) in [6, 6.07) is 4.20. The summed E-state index contributed by atoms with van der Waals surface area (Å²) in [4.78, 5) is 19.4. The third-order valence-electron chi connectivity index (χ3n) is 6.45. The van der Waals surface area contributed by atoms with Crippen LogP contribution < -0.4 is 0 Å². The summed E-state index contributed by atoms with van der Waals surface area (Å²) in [6.07, 6.45) is 1.93. The van der Waals surface area contributed by atoms with Crippen LogP contribution in [0.2, 0.25) is 5.02 Å². The lowest BCUT2D eigenvalue weighted by atomic mass is 9.84. The number of furan rings is 1. The number of piperidine rings is 2. The Balaban J connectivity index is 1.43. The minimum absolute atomic E-state index is 0.0684. The quantitative estimate of drug-likeness (QED) is 0.483. The zero-order valence-corrected chi connectivity index (χ0v) is 18.4. The van der Waals surface area contributed by atoms with E-state index >= 15 is 0 Å². The molecular formula is C22H22ClF3N4O3. The van der Waals surface area contributed by atoms with Crippen molar-refractivity contribution in [2.75, 3.05) is 19.7 Å². The summed E-state index contributed by atoms with van der Waals surface area (Å²) in [7, 11) is 0. The minimum Gasteiger partial charge on any atom is -0.463 e. The molecule has 5 rings (SSSR count). The second kappa shape index (κ2) is 8.64. The van der Waals surface area contributed by atoms with Crippen LogP contribution in [0, 0.1) is 5.92 Å². The number of aromatic nitrogens is 3. The molecule has 0 spiro atoms. The van der Waals surface area contributed by atoms with Gasteiger partial charge in [0, 0.05) is 12.0 Å². The molecule has 176 valence electrons. The molecule has 2 fully saturated rings. The monoisotopic (exact) mass is 482 g/mol. The lowest BCUT2D eigenvalue weighted by molar-refractivity contribution is -0.142. The number of carbonyl (C=O) groups is 1. The van der Waals surface area contributed by atoms with Crippen molar-refractivity contribution < 1.29 is 27.1 Å². The molecule has 0 unspecified atom stereocenters. The fourth-order valence-electron chi connectivity index (χ4n) is 4.90. The first kappa shape index (κ1) is 22.2. The van der Waals surface area contributed by atoms with E-state index in [2.05, 4.69) is 15.0 Å². The van der Waals surface area contributed by atoms with Crippen LogP contribution in [0.1, 0.15) is 48.3 Å². The number of alkyl halides is 3. The molecular weight excluding hydrogens is 461 g/mol. The van der Waals surface area contributed by atoms with Gasteiger partial charge in [-0.25, -0.2) is 14.3 Å². The van der Waals surface area contributed by atoms with E-state index in [0.717, 1.165) is 44.8 Å². The number of nitrogens with zero attached hydrogens (tertiary/aromatic N) is 4. The van der Waals surface area contributed by atoms with Crippen molar-refractivity contribution in [1.29, 1.82) is 0 Å². The average Bonchev–Trinajstić information content (AvgIpc) is 3.45. The van der Waals surface area contributed by atoms with Crippen LogP contribution in [0.5, 0.6) is 0 Å². The highest BCUT2D eigenvalue weighted by Gasteiger charge is 2.38.